The number of primary amides is 1. The Morgan fingerprint density at radius 2 is 1.70 bits per heavy atom. The van der Waals surface area contributed by atoms with Crippen molar-refractivity contribution in [3.63, 3.8) is 0 Å². The number of methoxy groups -OCH3 is 1. The molecule has 0 bridgehead atoms. The molecule has 2 aromatic rings. The third-order valence-corrected chi connectivity index (χ3v) is 5.68. The minimum Gasteiger partial charge on any atom is -0.497 e. The van der Waals surface area contributed by atoms with Crippen LogP contribution in [0.2, 0.25) is 0 Å². The van der Waals surface area contributed by atoms with Gasteiger partial charge in [0.15, 0.2) is 6.61 Å². The molecule has 9 nitrogen and oxygen atoms in total. The number of nitrogens with two attached hydrogens (primary N) is 1. The third kappa shape index (κ3) is 6.61. The summed E-state index contributed by atoms with van der Waals surface area (Å²) in [6, 6.07) is 13.8. The van der Waals surface area contributed by atoms with Gasteiger partial charge in [-0.3, -0.25) is 9.59 Å². The monoisotopic (exact) mass is 454 g/mol. The van der Waals surface area contributed by atoms with E-state index in [9.17, 15) is 14.4 Å². The predicted molar refractivity (Wildman–Crippen MR) is 124 cm³/mol. The van der Waals surface area contributed by atoms with Crippen LogP contribution < -0.4 is 20.7 Å². The van der Waals surface area contributed by atoms with Gasteiger partial charge in [-0.2, -0.15) is 0 Å². The van der Waals surface area contributed by atoms with E-state index >= 15 is 0 Å². The van der Waals surface area contributed by atoms with E-state index in [0.29, 0.717) is 26.2 Å². The average Bonchev–Trinajstić information content (AvgIpc) is 2.82. The van der Waals surface area contributed by atoms with Crippen LogP contribution in [0.25, 0.3) is 0 Å². The van der Waals surface area contributed by atoms with Gasteiger partial charge in [-0.15, -0.1) is 0 Å². The number of anilines is 1. The van der Waals surface area contributed by atoms with Gasteiger partial charge in [0.1, 0.15) is 5.75 Å². The number of piperazine rings is 1. The van der Waals surface area contributed by atoms with Crippen LogP contribution in [0.15, 0.2) is 48.5 Å². The summed E-state index contributed by atoms with van der Waals surface area (Å²) in [5.41, 5.74) is 8.02. The van der Waals surface area contributed by atoms with Crippen molar-refractivity contribution in [2.45, 2.75) is 19.4 Å². The minimum atomic E-state index is -0.734. The van der Waals surface area contributed by atoms with Crippen molar-refractivity contribution in [1.82, 2.24) is 10.2 Å². The standard InChI is InChI=1S/C24H30N4O5/c1-17-5-3-4-6-20(17)21(26-24(25)31)15-23(30)33-16-22(29)28-13-11-27(12-14-28)18-7-9-19(32-2)10-8-18/h3-10,21H,11-16H2,1-2H3,(H3,25,26,31)/t21-/m0/s1. The largest absolute Gasteiger partial charge is 0.497 e. The fraction of sp³-hybridized carbons (Fsp3) is 0.375. The number of carbonyl (C=O) groups excluding carboxylic acids is 3. The molecule has 1 saturated heterocycles. The van der Waals surface area contributed by atoms with E-state index in [1.807, 2.05) is 55.5 Å². The van der Waals surface area contributed by atoms with Gasteiger partial charge in [-0.1, -0.05) is 24.3 Å². The van der Waals surface area contributed by atoms with Crippen molar-refractivity contribution in [3.05, 3.63) is 59.7 Å². The third-order valence-electron chi connectivity index (χ3n) is 5.68. The summed E-state index contributed by atoms with van der Waals surface area (Å²) in [6.07, 6.45) is -0.119. The molecule has 33 heavy (non-hydrogen) atoms. The highest BCUT2D eigenvalue weighted by atomic mass is 16.5. The van der Waals surface area contributed by atoms with Crippen molar-refractivity contribution < 1.29 is 23.9 Å². The van der Waals surface area contributed by atoms with Crippen molar-refractivity contribution >= 4 is 23.6 Å². The highest BCUT2D eigenvalue weighted by Gasteiger charge is 2.24. The molecular formula is C24H30N4O5. The molecule has 3 N–H and O–H groups in total. The average molecular weight is 455 g/mol. The van der Waals surface area contributed by atoms with Crippen LogP contribution in [0.5, 0.6) is 5.75 Å². The Kier molecular flexibility index (Phi) is 8.12. The van der Waals surface area contributed by atoms with E-state index in [0.717, 1.165) is 22.6 Å². The number of hydrogen-bond acceptors (Lipinski definition) is 6. The lowest BCUT2D eigenvalue weighted by molar-refractivity contribution is -0.152. The number of aryl methyl sites for hydroxylation is 1. The quantitative estimate of drug-likeness (QED) is 0.590. The Morgan fingerprint density at radius 1 is 1.03 bits per heavy atom. The Labute approximate surface area is 193 Å². The van der Waals surface area contributed by atoms with E-state index in [-0.39, 0.29) is 18.9 Å². The first-order valence-corrected chi connectivity index (χ1v) is 10.8. The molecular weight excluding hydrogens is 424 g/mol. The molecule has 1 aliphatic rings. The lowest BCUT2D eigenvalue weighted by Crippen LogP contribution is -2.50. The zero-order valence-electron chi connectivity index (χ0n) is 19.0. The summed E-state index contributed by atoms with van der Waals surface area (Å²) < 4.78 is 10.4. The van der Waals surface area contributed by atoms with E-state index < -0.39 is 18.0 Å². The second kappa shape index (κ2) is 11.2. The Hall–Kier alpha value is -3.75. The second-order valence-electron chi connectivity index (χ2n) is 7.85. The molecule has 0 unspecified atom stereocenters. The molecule has 1 atom stereocenters. The van der Waals surface area contributed by atoms with Gasteiger partial charge in [0.05, 0.1) is 19.6 Å². The predicted octanol–water partition coefficient (Wildman–Crippen LogP) is 2.00. The van der Waals surface area contributed by atoms with Gasteiger partial charge < -0.3 is 30.3 Å². The Bertz CT molecular complexity index is 971. The maximum Gasteiger partial charge on any atom is 0.312 e. The van der Waals surface area contributed by atoms with E-state index in [1.54, 1.807) is 12.0 Å². The highest BCUT2D eigenvalue weighted by molar-refractivity contribution is 5.81. The maximum atomic E-state index is 12.5. The number of benzene rings is 2. The second-order valence-corrected chi connectivity index (χ2v) is 7.85. The summed E-state index contributed by atoms with van der Waals surface area (Å²) in [6.45, 7) is 3.99. The first kappa shape index (κ1) is 23.9. The Balaban J connectivity index is 1.48. The first-order chi connectivity index (χ1) is 15.9. The molecule has 0 saturated carbocycles. The van der Waals surface area contributed by atoms with Crippen molar-refractivity contribution in [2.75, 3.05) is 44.8 Å². The first-order valence-electron chi connectivity index (χ1n) is 10.8. The number of carbonyl (C=O) groups is 3. The normalized spacial score (nSPS) is 14.4. The van der Waals surface area contributed by atoms with Gasteiger partial charge in [-0.25, -0.2) is 4.79 Å². The number of hydrogen-bond donors (Lipinski definition) is 2. The topological polar surface area (TPSA) is 114 Å². The number of nitrogens with one attached hydrogen (secondary N) is 1. The molecule has 2 aromatic carbocycles. The van der Waals surface area contributed by atoms with Crippen LogP contribution in [0.4, 0.5) is 10.5 Å². The van der Waals surface area contributed by atoms with Crippen molar-refractivity contribution in [2.24, 2.45) is 5.73 Å². The molecule has 3 rings (SSSR count). The van der Waals surface area contributed by atoms with Crippen molar-refractivity contribution in [3.8, 4) is 5.75 Å². The number of ether oxygens (including phenoxy) is 2. The SMILES string of the molecule is COc1ccc(N2CCN(C(=O)COC(=O)C[C@H](NC(N)=O)c3ccccc3C)CC2)cc1. The summed E-state index contributed by atoms with van der Waals surface area (Å²) >= 11 is 0. The number of esters is 1. The van der Waals surface area contributed by atoms with Crippen LogP contribution in [0, 0.1) is 6.92 Å². The van der Waals surface area contributed by atoms with E-state index in [4.69, 9.17) is 15.2 Å². The van der Waals surface area contributed by atoms with Gasteiger partial charge in [0.2, 0.25) is 0 Å². The molecule has 176 valence electrons. The molecule has 1 fully saturated rings. The summed E-state index contributed by atoms with van der Waals surface area (Å²) in [5, 5.41) is 2.58. The lowest BCUT2D eigenvalue weighted by atomic mass is 9.99. The lowest BCUT2D eigenvalue weighted by Gasteiger charge is -2.36. The van der Waals surface area contributed by atoms with Crippen LogP contribution in [-0.2, 0) is 14.3 Å². The summed E-state index contributed by atoms with van der Waals surface area (Å²) in [4.78, 5) is 40.2. The van der Waals surface area contributed by atoms with E-state index in [1.165, 1.54) is 0 Å². The fourth-order valence-corrected chi connectivity index (χ4v) is 3.85. The van der Waals surface area contributed by atoms with Crippen LogP contribution in [0.3, 0.4) is 0 Å². The smallest absolute Gasteiger partial charge is 0.312 e. The molecule has 0 radical (unpaired) electrons. The number of urea groups is 1. The van der Waals surface area contributed by atoms with Crippen LogP contribution in [-0.4, -0.2) is 62.7 Å². The highest BCUT2D eigenvalue weighted by Crippen LogP contribution is 2.22. The number of rotatable bonds is 8. The number of amides is 3. The molecule has 0 spiro atoms. The van der Waals surface area contributed by atoms with Gasteiger partial charge in [-0.05, 0) is 42.3 Å². The zero-order valence-corrected chi connectivity index (χ0v) is 19.0. The molecule has 3 amide bonds. The van der Waals surface area contributed by atoms with Crippen LogP contribution >= 0.6 is 0 Å². The maximum absolute atomic E-state index is 12.5. The summed E-state index contributed by atoms with van der Waals surface area (Å²) in [7, 11) is 1.63. The zero-order chi connectivity index (χ0) is 23.8. The summed E-state index contributed by atoms with van der Waals surface area (Å²) in [5.74, 6) is -0.0275. The number of nitrogens with zero attached hydrogens (tertiary/aromatic N) is 2. The van der Waals surface area contributed by atoms with Crippen molar-refractivity contribution in [1.29, 1.82) is 0 Å². The molecule has 1 heterocycles. The minimum absolute atomic E-state index is 0.119. The van der Waals surface area contributed by atoms with Gasteiger partial charge in [0.25, 0.3) is 5.91 Å². The molecule has 0 aromatic heterocycles. The van der Waals surface area contributed by atoms with E-state index in [2.05, 4.69) is 10.2 Å². The molecule has 1 aliphatic heterocycles. The molecule has 0 aliphatic carbocycles. The molecule has 9 heteroatoms. The van der Waals surface area contributed by atoms with Gasteiger partial charge >= 0.3 is 12.0 Å². The Morgan fingerprint density at radius 3 is 2.30 bits per heavy atom. The van der Waals surface area contributed by atoms with Gasteiger partial charge in [0, 0.05) is 31.9 Å². The fourth-order valence-electron chi connectivity index (χ4n) is 3.85. The van der Waals surface area contributed by atoms with Crippen LogP contribution in [0.1, 0.15) is 23.6 Å².